The number of nitrogens with one attached hydrogen (secondary N) is 1. The highest BCUT2D eigenvalue weighted by atomic mass is 35.5. The van der Waals surface area contributed by atoms with Crippen molar-refractivity contribution in [3.8, 4) is 11.5 Å². The zero-order valence-electron chi connectivity index (χ0n) is 17.7. The summed E-state index contributed by atoms with van der Waals surface area (Å²) in [6.45, 7) is 2.46. The van der Waals surface area contributed by atoms with E-state index in [0.29, 0.717) is 0 Å². The van der Waals surface area contributed by atoms with Crippen LogP contribution in [-0.2, 0) is 5.60 Å². The molecule has 2 unspecified atom stereocenters. The number of carboxylic acid groups (broad SMARTS) is 1. The van der Waals surface area contributed by atoms with Crippen molar-refractivity contribution in [1.82, 2.24) is 4.98 Å². The third-order valence-electron chi connectivity index (χ3n) is 5.46. The van der Waals surface area contributed by atoms with Crippen LogP contribution in [0.2, 0.25) is 10.0 Å². The lowest BCUT2D eigenvalue weighted by molar-refractivity contribution is -0.274. The van der Waals surface area contributed by atoms with E-state index in [2.05, 4.69) is 4.98 Å². The first-order valence-electron chi connectivity index (χ1n) is 9.75. The average Bonchev–Trinajstić information content (AvgIpc) is 2.77. The molecule has 0 spiro atoms. The van der Waals surface area contributed by atoms with Crippen LogP contribution in [0, 0.1) is 6.92 Å². The molecule has 0 radical (unpaired) electrons. The topological polar surface area (TPSA) is 99.6 Å². The largest absolute Gasteiger partial charge is 0.478 e. The number of hydrogen-bond donors (Lipinski definition) is 3. The molecule has 180 valence electrons. The first-order valence-corrected chi connectivity index (χ1v) is 10.5. The first-order chi connectivity index (χ1) is 15.8. The molecule has 0 bridgehead atoms. The number of rotatable bonds is 6. The number of benzene rings is 2. The second-order valence-corrected chi connectivity index (χ2v) is 8.35. The Morgan fingerprint density at radius 1 is 1.09 bits per heavy atom. The number of H-pyrrole nitrogens is 1. The molecule has 3 aromatic rings. The maximum absolute atomic E-state index is 14.2. The van der Waals surface area contributed by atoms with E-state index in [-0.39, 0.29) is 38.2 Å². The molecule has 11 heteroatoms. The zero-order valence-corrected chi connectivity index (χ0v) is 19.2. The van der Waals surface area contributed by atoms with Crippen LogP contribution >= 0.6 is 23.2 Å². The van der Waals surface area contributed by atoms with Crippen LogP contribution in [0.5, 0.6) is 11.5 Å². The monoisotopic (exact) mass is 515 g/mol. The number of aromatic carboxylic acids is 1. The highest BCUT2D eigenvalue weighted by molar-refractivity contribution is 6.43. The number of aromatic amines is 1. The number of ether oxygens (including phenoxy) is 1. The molecule has 2 aromatic carbocycles. The van der Waals surface area contributed by atoms with E-state index in [1.165, 1.54) is 43.3 Å². The van der Waals surface area contributed by atoms with Crippen molar-refractivity contribution in [1.29, 1.82) is 0 Å². The molecule has 1 aromatic heterocycles. The summed E-state index contributed by atoms with van der Waals surface area (Å²) in [5.41, 5.74) is -4.62. The number of aromatic nitrogens is 1. The lowest BCUT2D eigenvalue weighted by atomic mass is 9.78. The van der Waals surface area contributed by atoms with Gasteiger partial charge in [0.05, 0.1) is 10.6 Å². The minimum absolute atomic E-state index is 0.00540. The molecule has 0 aliphatic heterocycles. The van der Waals surface area contributed by atoms with Crippen molar-refractivity contribution >= 4 is 29.2 Å². The highest BCUT2D eigenvalue weighted by Gasteiger charge is 2.59. The predicted molar refractivity (Wildman–Crippen MR) is 120 cm³/mol. The first kappa shape index (κ1) is 25.6. The standard InChI is InChI=1S/C23H18Cl2F3NO5/c1-11-9-14(10-29-20(11)30)22(33,23(26,27)28)12(2)16-7-8-17(19(25)18(16)24)34-15-5-3-13(4-6-15)21(31)32/h3-10,12,33H,1-2H3,(H,29,30)(H,31,32). The fourth-order valence-electron chi connectivity index (χ4n) is 3.45. The van der Waals surface area contributed by atoms with Crippen LogP contribution in [0.3, 0.4) is 0 Å². The van der Waals surface area contributed by atoms with Gasteiger partial charge in [0.1, 0.15) is 16.5 Å². The molecule has 0 fully saturated rings. The SMILES string of the molecule is Cc1cc(C(O)(C(C)c2ccc(Oc3ccc(C(=O)O)cc3)c(Cl)c2Cl)C(F)(F)F)c[nH]c1=O. The number of aliphatic hydroxyl groups is 1. The van der Waals surface area contributed by atoms with Gasteiger partial charge in [0.25, 0.3) is 5.56 Å². The summed E-state index contributed by atoms with van der Waals surface area (Å²) in [7, 11) is 0. The number of halogens is 5. The Kier molecular flexibility index (Phi) is 7.02. The van der Waals surface area contributed by atoms with Crippen molar-refractivity contribution in [2.75, 3.05) is 0 Å². The second-order valence-electron chi connectivity index (χ2n) is 7.60. The molecule has 0 aliphatic carbocycles. The quantitative estimate of drug-likeness (QED) is 0.372. The number of hydrogen-bond acceptors (Lipinski definition) is 4. The molecule has 6 nitrogen and oxygen atoms in total. The Labute approximate surface area is 201 Å². The van der Waals surface area contributed by atoms with E-state index in [1.807, 2.05) is 0 Å². The van der Waals surface area contributed by atoms with Crippen LogP contribution in [-0.4, -0.2) is 27.3 Å². The predicted octanol–water partition coefficient (Wildman–Crippen LogP) is 6.03. The van der Waals surface area contributed by atoms with E-state index >= 15 is 0 Å². The molecule has 0 saturated heterocycles. The highest BCUT2D eigenvalue weighted by Crippen LogP contribution is 2.51. The number of pyridine rings is 1. The van der Waals surface area contributed by atoms with Crippen LogP contribution in [0.4, 0.5) is 13.2 Å². The minimum Gasteiger partial charge on any atom is -0.478 e. The summed E-state index contributed by atoms with van der Waals surface area (Å²) in [5.74, 6) is -2.52. The molecular formula is C23H18Cl2F3NO5. The Morgan fingerprint density at radius 3 is 2.24 bits per heavy atom. The third-order valence-corrected chi connectivity index (χ3v) is 6.34. The number of aryl methyl sites for hydroxylation is 1. The Bertz CT molecular complexity index is 1290. The van der Waals surface area contributed by atoms with Gasteiger partial charge in [-0.15, -0.1) is 0 Å². The van der Waals surface area contributed by atoms with E-state index in [1.54, 1.807) is 0 Å². The molecule has 34 heavy (non-hydrogen) atoms. The van der Waals surface area contributed by atoms with Gasteiger partial charge in [-0.25, -0.2) is 4.79 Å². The van der Waals surface area contributed by atoms with Gasteiger partial charge in [0, 0.05) is 23.2 Å². The fourth-order valence-corrected chi connectivity index (χ4v) is 3.98. The van der Waals surface area contributed by atoms with Crippen molar-refractivity contribution in [3.63, 3.8) is 0 Å². The van der Waals surface area contributed by atoms with Gasteiger partial charge in [0.2, 0.25) is 0 Å². The van der Waals surface area contributed by atoms with Crippen LogP contribution < -0.4 is 10.3 Å². The molecule has 0 amide bonds. The summed E-state index contributed by atoms with van der Waals surface area (Å²) in [6.07, 6.45) is -4.32. The Hall–Kier alpha value is -3.01. The number of carboxylic acids is 1. The average molecular weight is 516 g/mol. The number of alkyl halides is 3. The van der Waals surface area contributed by atoms with Gasteiger partial charge in [-0.1, -0.05) is 36.2 Å². The lowest BCUT2D eigenvalue weighted by Gasteiger charge is -2.37. The molecule has 0 saturated carbocycles. The van der Waals surface area contributed by atoms with Crippen molar-refractivity contribution in [2.24, 2.45) is 0 Å². The van der Waals surface area contributed by atoms with Crippen molar-refractivity contribution in [2.45, 2.75) is 31.5 Å². The van der Waals surface area contributed by atoms with Gasteiger partial charge in [-0.2, -0.15) is 13.2 Å². The van der Waals surface area contributed by atoms with Gasteiger partial charge in [-0.3, -0.25) is 4.79 Å². The van der Waals surface area contributed by atoms with Crippen molar-refractivity contribution in [3.05, 3.63) is 91.3 Å². The van der Waals surface area contributed by atoms with Crippen LogP contribution in [0.25, 0.3) is 0 Å². The van der Waals surface area contributed by atoms with E-state index in [4.69, 9.17) is 33.0 Å². The Morgan fingerprint density at radius 2 is 1.71 bits per heavy atom. The molecule has 0 aliphatic rings. The van der Waals surface area contributed by atoms with E-state index in [9.17, 15) is 27.9 Å². The van der Waals surface area contributed by atoms with E-state index < -0.39 is 34.8 Å². The van der Waals surface area contributed by atoms with Gasteiger partial charge >= 0.3 is 12.1 Å². The summed E-state index contributed by atoms with van der Waals surface area (Å²) in [4.78, 5) is 24.8. The van der Waals surface area contributed by atoms with Gasteiger partial charge in [-0.05, 0) is 48.9 Å². The normalized spacial score (nSPS) is 14.4. The molecule has 1 heterocycles. The summed E-state index contributed by atoms with van der Waals surface area (Å²) < 4.78 is 48.1. The maximum atomic E-state index is 14.2. The summed E-state index contributed by atoms with van der Waals surface area (Å²) in [5, 5.41) is 19.4. The summed E-state index contributed by atoms with van der Waals surface area (Å²) >= 11 is 12.6. The van der Waals surface area contributed by atoms with E-state index in [0.717, 1.165) is 19.2 Å². The van der Waals surface area contributed by atoms with Crippen molar-refractivity contribution < 1.29 is 32.9 Å². The van der Waals surface area contributed by atoms with Gasteiger partial charge in [0.15, 0.2) is 5.60 Å². The minimum atomic E-state index is -5.13. The molecular weight excluding hydrogens is 498 g/mol. The third kappa shape index (κ3) is 4.64. The smallest absolute Gasteiger partial charge is 0.422 e. The molecule has 2 atom stereocenters. The molecule has 3 rings (SSSR count). The summed E-state index contributed by atoms with van der Waals surface area (Å²) in [6, 6.07) is 8.88. The Balaban J connectivity index is 2.02. The zero-order chi connectivity index (χ0) is 25.4. The fraction of sp³-hybridized carbons (Fsp3) is 0.217. The van der Waals surface area contributed by atoms with Crippen LogP contribution in [0.1, 0.15) is 39.9 Å². The molecule has 3 N–H and O–H groups in total. The number of carbonyl (C=O) groups is 1. The van der Waals surface area contributed by atoms with Gasteiger partial charge < -0.3 is 19.9 Å². The lowest BCUT2D eigenvalue weighted by Crippen LogP contribution is -2.47. The second kappa shape index (κ2) is 9.32. The van der Waals surface area contributed by atoms with Crippen LogP contribution in [0.15, 0.2) is 53.5 Å². The maximum Gasteiger partial charge on any atom is 0.422 e.